The third kappa shape index (κ3) is 1.11. The van der Waals surface area contributed by atoms with E-state index < -0.39 is 5.79 Å². The predicted octanol–water partition coefficient (Wildman–Crippen LogP) is 0.640. The van der Waals surface area contributed by atoms with E-state index in [0.717, 1.165) is 12.0 Å². The van der Waals surface area contributed by atoms with Gasteiger partial charge < -0.3 is 10.2 Å². The van der Waals surface area contributed by atoms with E-state index in [1.807, 2.05) is 12.1 Å². The Morgan fingerprint density at radius 2 is 2.00 bits per heavy atom. The first kappa shape index (κ1) is 7.71. The van der Waals surface area contributed by atoms with Crippen molar-refractivity contribution in [3.63, 3.8) is 0 Å². The minimum Gasteiger partial charge on any atom is -0.365 e. The molecule has 1 aromatic heterocycles. The molecule has 1 aliphatic carbocycles. The predicted molar refractivity (Wildman–Crippen MR) is 43.4 cm³/mol. The van der Waals surface area contributed by atoms with Crippen molar-refractivity contribution in [2.24, 2.45) is 0 Å². The third-order valence-electron chi connectivity index (χ3n) is 2.47. The standard InChI is InChI=1S/C9H11NO2/c11-9(12)4-1-8(9)7-2-5-10-6-3-7/h2-3,5-6,8,11-12H,1,4H2. The Bertz CT molecular complexity index is 271. The highest BCUT2D eigenvalue weighted by Crippen LogP contribution is 2.43. The van der Waals surface area contributed by atoms with Crippen LogP contribution in [0.25, 0.3) is 0 Å². The van der Waals surface area contributed by atoms with Crippen LogP contribution in [0.3, 0.4) is 0 Å². The first-order valence-electron chi connectivity index (χ1n) is 4.05. The molecule has 1 aromatic rings. The van der Waals surface area contributed by atoms with Crippen LogP contribution in [0, 0.1) is 0 Å². The van der Waals surface area contributed by atoms with Gasteiger partial charge in [-0.05, 0) is 24.1 Å². The van der Waals surface area contributed by atoms with Crippen molar-refractivity contribution in [1.29, 1.82) is 0 Å². The summed E-state index contributed by atoms with van der Waals surface area (Å²) in [5, 5.41) is 18.7. The molecule has 1 saturated carbocycles. The van der Waals surface area contributed by atoms with E-state index in [1.165, 1.54) is 0 Å². The maximum Gasteiger partial charge on any atom is 0.169 e. The minimum atomic E-state index is -1.48. The Morgan fingerprint density at radius 1 is 1.33 bits per heavy atom. The summed E-state index contributed by atoms with van der Waals surface area (Å²) in [5.74, 6) is -1.61. The highest BCUT2D eigenvalue weighted by atomic mass is 16.5. The third-order valence-corrected chi connectivity index (χ3v) is 2.47. The monoisotopic (exact) mass is 165 g/mol. The Kier molecular flexibility index (Phi) is 1.63. The molecule has 0 bridgehead atoms. The van der Waals surface area contributed by atoms with Gasteiger partial charge >= 0.3 is 0 Å². The maximum absolute atomic E-state index is 9.36. The molecule has 1 atom stereocenters. The number of aromatic nitrogens is 1. The Labute approximate surface area is 70.7 Å². The molecule has 1 unspecified atom stereocenters. The van der Waals surface area contributed by atoms with Crippen LogP contribution in [-0.4, -0.2) is 21.0 Å². The van der Waals surface area contributed by atoms with Gasteiger partial charge in [-0.2, -0.15) is 0 Å². The zero-order chi connectivity index (χ0) is 8.60. The topological polar surface area (TPSA) is 53.4 Å². The van der Waals surface area contributed by atoms with Crippen LogP contribution in [0.15, 0.2) is 24.5 Å². The molecule has 64 valence electrons. The van der Waals surface area contributed by atoms with Crippen LogP contribution < -0.4 is 0 Å². The molecular weight excluding hydrogens is 154 g/mol. The molecule has 1 fully saturated rings. The molecule has 2 rings (SSSR count). The number of nitrogens with zero attached hydrogens (tertiary/aromatic N) is 1. The van der Waals surface area contributed by atoms with Gasteiger partial charge in [0.15, 0.2) is 5.79 Å². The molecule has 0 saturated heterocycles. The van der Waals surface area contributed by atoms with Gasteiger partial charge in [0.05, 0.1) is 0 Å². The number of rotatable bonds is 1. The van der Waals surface area contributed by atoms with Crippen LogP contribution in [0.5, 0.6) is 0 Å². The molecule has 1 heterocycles. The summed E-state index contributed by atoms with van der Waals surface area (Å²) < 4.78 is 0. The van der Waals surface area contributed by atoms with Gasteiger partial charge in [0, 0.05) is 24.7 Å². The molecule has 0 aliphatic heterocycles. The summed E-state index contributed by atoms with van der Waals surface area (Å²) in [5.41, 5.74) is 0.959. The van der Waals surface area contributed by atoms with Gasteiger partial charge in [-0.3, -0.25) is 4.98 Å². The number of hydrogen-bond acceptors (Lipinski definition) is 3. The minimum absolute atomic E-state index is 0.125. The van der Waals surface area contributed by atoms with Crippen LogP contribution in [0.1, 0.15) is 24.3 Å². The summed E-state index contributed by atoms with van der Waals surface area (Å²) in [6, 6.07) is 3.65. The first-order valence-corrected chi connectivity index (χ1v) is 4.05. The molecule has 12 heavy (non-hydrogen) atoms. The van der Waals surface area contributed by atoms with Crippen LogP contribution in [0.4, 0.5) is 0 Å². The zero-order valence-electron chi connectivity index (χ0n) is 6.64. The van der Waals surface area contributed by atoms with Gasteiger partial charge in [-0.25, -0.2) is 0 Å². The van der Waals surface area contributed by atoms with Crippen molar-refractivity contribution in [2.45, 2.75) is 24.5 Å². The van der Waals surface area contributed by atoms with Crippen LogP contribution in [-0.2, 0) is 0 Å². The maximum atomic E-state index is 9.36. The SMILES string of the molecule is OC1(O)CCC1c1ccncc1. The average Bonchev–Trinajstić information content (AvgIpc) is 2.05. The van der Waals surface area contributed by atoms with E-state index in [2.05, 4.69) is 4.98 Å². The summed E-state index contributed by atoms with van der Waals surface area (Å²) in [7, 11) is 0. The van der Waals surface area contributed by atoms with E-state index in [9.17, 15) is 10.2 Å². The second-order valence-corrected chi connectivity index (χ2v) is 3.25. The normalized spacial score (nSPS) is 26.3. The molecule has 0 aromatic carbocycles. The van der Waals surface area contributed by atoms with Crippen molar-refractivity contribution in [3.8, 4) is 0 Å². The number of hydrogen-bond donors (Lipinski definition) is 2. The summed E-state index contributed by atoms with van der Waals surface area (Å²) >= 11 is 0. The van der Waals surface area contributed by atoms with Crippen molar-refractivity contribution in [3.05, 3.63) is 30.1 Å². The molecule has 3 nitrogen and oxygen atoms in total. The lowest BCUT2D eigenvalue weighted by Crippen LogP contribution is -2.44. The van der Waals surface area contributed by atoms with Gasteiger partial charge in [0.2, 0.25) is 0 Å². The molecule has 2 N–H and O–H groups in total. The van der Waals surface area contributed by atoms with Crippen molar-refractivity contribution >= 4 is 0 Å². The fourth-order valence-electron chi connectivity index (χ4n) is 1.58. The average molecular weight is 165 g/mol. The van der Waals surface area contributed by atoms with Crippen molar-refractivity contribution in [2.75, 3.05) is 0 Å². The van der Waals surface area contributed by atoms with E-state index in [0.29, 0.717) is 6.42 Å². The fraction of sp³-hybridized carbons (Fsp3) is 0.444. The smallest absolute Gasteiger partial charge is 0.169 e. The van der Waals surface area contributed by atoms with Gasteiger partial charge in [-0.15, -0.1) is 0 Å². The lowest BCUT2D eigenvalue weighted by molar-refractivity contribution is -0.228. The molecule has 3 heteroatoms. The van der Waals surface area contributed by atoms with Crippen LogP contribution in [0.2, 0.25) is 0 Å². The quantitative estimate of drug-likeness (QED) is 0.600. The number of pyridine rings is 1. The molecular formula is C9H11NO2. The van der Waals surface area contributed by atoms with E-state index >= 15 is 0 Å². The van der Waals surface area contributed by atoms with Gasteiger partial charge in [0.1, 0.15) is 0 Å². The largest absolute Gasteiger partial charge is 0.365 e. The van der Waals surface area contributed by atoms with Gasteiger partial charge in [-0.1, -0.05) is 0 Å². The molecule has 0 amide bonds. The number of aliphatic hydroxyl groups is 2. The van der Waals surface area contributed by atoms with Crippen molar-refractivity contribution < 1.29 is 10.2 Å². The zero-order valence-corrected chi connectivity index (χ0v) is 6.64. The summed E-state index contributed by atoms with van der Waals surface area (Å²) in [4.78, 5) is 3.87. The highest BCUT2D eigenvalue weighted by Gasteiger charge is 2.44. The Hall–Kier alpha value is -0.930. The van der Waals surface area contributed by atoms with Gasteiger partial charge in [0.25, 0.3) is 0 Å². The van der Waals surface area contributed by atoms with E-state index in [1.54, 1.807) is 12.4 Å². The first-order chi connectivity index (χ1) is 5.70. The Morgan fingerprint density at radius 3 is 2.42 bits per heavy atom. The fourth-order valence-corrected chi connectivity index (χ4v) is 1.58. The van der Waals surface area contributed by atoms with Crippen LogP contribution >= 0.6 is 0 Å². The van der Waals surface area contributed by atoms with Crippen molar-refractivity contribution in [1.82, 2.24) is 4.98 Å². The Balaban J connectivity index is 2.22. The second-order valence-electron chi connectivity index (χ2n) is 3.25. The molecule has 1 aliphatic rings. The lowest BCUT2D eigenvalue weighted by atomic mass is 9.74. The highest BCUT2D eigenvalue weighted by molar-refractivity contribution is 5.21. The summed E-state index contributed by atoms with van der Waals surface area (Å²) in [6.45, 7) is 0. The molecule has 0 radical (unpaired) electrons. The lowest BCUT2D eigenvalue weighted by Gasteiger charge is -2.40. The summed E-state index contributed by atoms with van der Waals surface area (Å²) in [6.07, 6.45) is 4.66. The van der Waals surface area contributed by atoms with E-state index in [-0.39, 0.29) is 5.92 Å². The van der Waals surface area contributed by atoms with E-state index in [4.69, 9.17) is 0 Å². The molecule has 0 spiro atoms. The second kappa shape index (κ2) is 2.54.